The van der Waals surface area contributed by atoms with Crippen LogP contribution in [0, 0.1) is 6.92 Å². The number of nitrogens with zero attached hydrogens (tertiary/aromatic N) is 1. The predicted molar refractivity (Wildman–Crippen MR) is 94.1 cm³/mol. The largest absolute Gasteiger partial charge is 0.293 e. The molecule has 23 heavy (non-hydrogen) atoms. The third-order valence-corrected chi connectivity index (χ3v) is 4.62. The fourth-order valence-electron chi connectivity index (χ4n) is 2.34. The van der Waals surface area contributed by atoms with Gasteiger partial charge in [0.25, 0.3) is 11.1 Å². The van der Waals surface area contributed by atoms with Crippen LogP contribution in [0.1, 0.15) is 16.7 Å². The van der Waals surface area contributed by atoms with Crippen LogP contribution in [0.3, 0.4) is 0 Å². The van der Waals surface area contributed by atoms with Gasteiger partial charge in [-0.05, 0) is 48.0 Å². The SMILES string of the molecule is Cc1cccc(CN2C(=O)S/C(=C/c3ccc(Cl)cc3)C2=O)c1. The number of amides is 2. The first-order chi connectivity index (χ1) is 11.0. The van der Waals surface area contributed by atoms with Crippen LogP contribution in [0.2, 0.25) is 5.02 Å². The van der Waals surface area contributed by atoms with E-state index in [0.29, 0.717) is 16.5 Å². The Morgan fingerprint density at radius 3 is 2.57 bits per heavy atom. The van der Waals surface area contributed by atoms with E-state index in [4.69, 9.17) is 11.6 Å². The molecule has 2 amide bonds. The second-order valence-corrected chi connectivity index (χ2v) is 6.74. The second-order valence-electron chi connectivity index (χ2n) is 5.31. The van der Waals surface area contributed by atoms with Crippen LogP contribution >= 0.6 is 23.4 Å². The monoisotopic (exact) mass is 343 g/mol. The van der Waals surface area contributed by atoms with Gasteiger partial charge in [-0.1, -0.05) is 53.6 Å². The number of rotatable bonds is 3. The van der Waals surface area contributed by atoms with Crippen LogP contribution in [0.15, 0.2) is 53.4 Å². The van der Waals surface area contributed by atoms with E-state index in [1.54, 1.807) is 18.2 Å². The number of carbonyl (C=O) groups is 2. The summed E-state index contributed by atoms with van der Waals surface area (Å²) in [5.41, 5.74) is 2.89. The number of benzene rings is 2. The fraction of sp³-hybridized carbons (Fsp3) is 0.111. The van der Waals surface area contributed by atoms with Gasteiger partial charge < -0.3 is 0 Å². The molecule has 3 rings (SSSR count). The minimum absolute atomic E-state index is 0.239. The highest BCUT2D eigenvalue weighted by atomic mass is 35.5. The molecule has 5 heteroatoms. The third kappa shape index (κ3) is 3.66. The van der Waals surface area contributed by atoms with E-state index in [1.165, 1.54) is 4.90 Å². The van der Waals surface area contributed by atoms with Crippen molar-refractivity contribution in [1.29, 1.82) is 0 Å². The summed E-state index contributed by atoms with van der Waals surface area (Å²) in [6, 6.07) is 14.9. The molecule has 0 atom stereocenters. The molecule has 1 aliphatic heterocycles. The summed E-state index contributed by atoms with van der Waals surface area (Å²) in [5, 5.41) is 0.395. The van der Waals surface area contributed by atoms with Gasteiger partial charge in [0.1, 0.15) is 0 Å². The molecule has 1 fully saturated rings. The molecule has 0 unspecified atom stereocenters. The van der Waals surface area contributed by atoms with Crippen molar-refractivity contribution in [3.8, 4) is 0 Å². The van der Waals surface area contributed by atoms with Gasteiger partial charge in [-0.25, -0.2) is 0 Å². The smallest absolute Gasteiger partial charge is 0.268 e. The molecular formula is C18H14ClNO2S. The van der Waals surface area contributed by atoms with E-state index in [1.807, 2.05) is 43.3 Å². The normalized spacial score (nSPS) is 16.4. The highest BCUT2D eigenvalue weighted by molar-refractivity contribution is 8.18. The molecule has 3 nitrogen and oxygen atoms in total. The summed E-state index contributed by atoms with van der Waals surface area (Å²) in [5.74, 6) is -0.253. The van der Waals surface area contributed by atoms with E-state index in [2.05, 4.69) is 0 Å². The Bertz CT molecular complexity index is 799. The maximum absolute atomic E-state index is 12.5. The number of imide groups is 1. The first-order valence-corrected chi connectivity index (χ1v) is 8.29. The standard InChI is InChI=1S/C18H14ClNO2S/c1-12-3-2-4-14(9-12)11-20-17(21)16(23-18(20)22)10-13-5-7-15(19)8-6-13/h2-10H,11H2,1H3/b16-10+. The first-order valence-electron chi connectivity index (χ1n) is 7.09. The molecule has 1 aliphatic rings. The molecule has 2 aromatic rings. The second kappa shape index (κ2) is 6.60. The molecule has 0 radical (unpaired) electrons. The lowest BCUT2D eigenvalue weighted by Gasteiger charge is -2.12. The fourth-order valence-corrected chi connectivity index (χ4v) is 3.30. The summed E-state index contributed by atoms with van der Waals surface area (Å²) in [4.78, 5) is 26.3. The Balaban J connectivity index is 1.81. The van der Waals surface area contributed by atoms with Crippen LogP contribution < -0.4 is 0 Å². The lowest BCUT2D eigenvalue weighted by atomic mass is 10.1. The number of halogens is 1. The van der Waals surface area contributed by atoms with Crippen molar-refractivity contribution >= 4 is 40.6 Å². The molecule has 0 aromatic heterocycles. The molecule has 0 spiro atoms. The van der Waals surface area contributed by atoms with E-state index in [9.17, 15) is 9.59 Å². The van der Waals surface area contributed by atoms with Crippen LogP contribution in [0.5, 0.6) is 0 Å². The van der Waals surface area contributed by atoms with Gasteiger partial charge in [-0.15, -0.1) is 0 Å². The Hall–Kier alpha value is -2.04. The van der Waals surface area contributed by atoms with Gasteiger partial charge in [-0.2, -0.15) is 0 Å². The summed E-state index contributed by atoms with van der Waals surface area (Å²) in [6.45, 7) is 2.28. The third-order valence-electron chi connectivity index (χ3n) is 3.46. The maximum atomic E-state index is 12.5. The Labute approximate surface area is 143 Å². The summed E-state index contributed by atoms with van der Waals surface area (Å²) >= 11 is 6.82. The summed E-state index contributed by atoms with van der Waals surface area (Å²) in [6.07, 6.45) is 1.72. The zero-order valence-electron chi connectivity index (χ0n) is 12.5. The van der Waals surface area contributed by atoms with Crippen LogP contribution in [-0.4, -0.2) is 16.0 Å². The van der Waals surface area contributed by atoms with E-state index in [0.717, 1.165) is 28.5 Å². The van der Waals surface area contributed by atoms with Crippen molar-refractivity contribution in [2.45, 2.75) is 13.5 Å². The summed E-state index contributed by atoms with van der Waals surface area (Å²) < 4.78 is 0. The van der Waals surface area contributed by atoms with Crippen LogP contribution in [0.4, 0.5) is 4.79 Å². The quantitative estimate of drug-likeness (QED) is 0.745. The average Bonchev–Trinajstić information content (AvgIpc) is 2.77. The summed E-state index contributed by atoms with van der Waals surface area (Å²) in [7, 11) is 0. The van der Waals surface area contributed by atoms with Crippen molar-refractivity contribution in [2.24, 2.45) is 0 Å². The van der Waals surface area contributed by atoms with Gasteiger partial charge in [0.15, 0.2) is 0 Å². The highest BCUT2D eigenvalue weighted by Gasteiger charge is 2.34. The molecular weight excluding hydrogens is 330 g/mol. The number of hydrogen-bond donors (Lipinski definition) is 0. The van der Waals surface area contributed by atoms with E-state index < -0.39 is 0 Å². The molecule has 0 saturated carbocycles. The van der Waals surface area contributed by atoms with Gasteiger partial charge in [0.05, 0.1) is 11.4 Å². The molecule has 0 aliphatic carbocycles. The highest BCUT2D eigenvalue weighted by Crippen LogP contribution is 2.33. The zero-order chi connectivity index (χ0) is 16.4. The lowest BCUT2D eigenvalue weighted by molar-refractivity contribution is -0.123. The van der Waals surface area contributed by atoms with Gasteiger partial charge in [0.2, 0.25) is 0 Å². The Morgan fingerprint density at radius 1 is 1.13 bits per heavy atom. The minimum atomic E-state index is -0.253. The molecule has 2 aromatic carbocycles. The van der Waals surface area contributed by atoms with Crippen LogP contribution in [0.25, 0.3) is 6.08 Å². The van der Waals surface area contributed by atoms with Crippen molar-refractivity contribution in [2.75, 3.05) is 0 Å². The van der Waals surface area contributed by atoms with E-state index in [-0.39, 0.29) is 11.1 Å². The van der Waals surface area contributed by atoms with Gasteiger partial charge in [-0.3, -0.25) is 14.5 Å². The zero-order valence-corrected chi connectivity index (χ0v) is 14.0. The topological polar surface area (TPSA) is 37.4 Å². The van der Waals surface area contributed by atoms with Gasteiger partial charge >= 0.3 is 0 Å². The number of aryl methyl sites for hydroxylation is 1. The molecule has 1 saturated heterocycles. The molecule has 1 heterocycles. The Morgan fingerprint density at radius 2 is 1.87 bits per heavy atom. The van der Waals surface area contributed by atoms with Crippen molar-refractivity contribution < 1.29 is 9.59 Å². The molecule has 0 N–H and O–H groups in total. The number of carbonyl (C=O) groups excluding carboxylic acids is 2. The predicted octanol–water partition coefficient (Wildman–Crippen LogP) is 4.88. The first kappa shape index (κ1) is 15.8. The van der Waals surface area contributed by atoms with Crippen LogP contribution in [-0.2, 0) is 11.3 Å². The maximum Gasteiger partial charge on any atom is 0.293 e. The average molecular weight is 344 g/mol. The van der Waals surface area contributed by atoms with Crippen molar-refractivity contribution in [3.63, 3.8) is 0 Å². The number of thioether (sulfide) groups is 1. The lowest BCUT2D eigenvalue weighted by Crippen LogP contribution is -2.27. The van der Waals surface area contributed by atoms with E-state index >= 15 is 0 Å². The van der Waals surface area contributed by atoms with Crippen molar-refractivity contribution in [3.05, 3.63) is 75.1 Å². The molecule has 0 bridgehead atoms. The van der Waals surface area contributed by atoms with Crippen molar-refractivity contribution in [1.82, 2.24) is 4.90 Å². The Kier molecular flexibility index (Phi) is 4.55. The minimum Gasteiger partial charge on any atom is -0.268 e. The van der Waals surface area contributed by atoms with Gasteiger partial charge in [0, 0.05) is 5.02 Å². The molecule has 116 valence electrons. The number of hydrogen-bond acceptors (Lipinski definition) is 3.